The van der Waals surface area contributed by atoms with Crippen molar-refractivity contribution in [3.8, 4) is 0 Å². The summed E-state index contributed by atoms with van der Waals surface area (Å²) in [6.45, 7) is 6.60. The molecule has 0 saturated carbocycles. The molecule has 0 aliphatic carbocycles. The van der Waals surface area contributed by atoms with Crippen LogP contribution in [0.1, 0.15) is 22.8 Å². The fourth-order valence-electron chi connectivity index (χ4n) is 3.07. The van der Waals surface area contributed by atoms with E-state index in [0.29, 0.717) is 19.7 Å². The van der Waals surface area contributed by atoms with Gasteiger partial charge in [0.15, 0.2) is 11.8 Å². The highest BCUT2D eigenvalue weighted by Gasteiger charge is 2.07. The molecule has 0 atom stereocenters. The van der Waals surface area contributed by atoms with E-state index in [9.17, 15) is 0 Å². The number of para-hydroxylation sites is 1. The van der Waals surface area contributed by atoms with Crippen molar-refractivity contribution < 1.29 is 4.74 Å². The number of hydrogen-bond acceptors (Lipinski definition) is 4. The molecule has 0 spiro atoms. The average molecular weight is 384 g/mol. The predicted octanol–water partition coefficient (Wildman–Crippen LogP) is 1.84. The van der Waals surface area contributed by atoms with Crippen molar-refractivity contribution in [1.29, 1.82) is 0 Å². The van der Waals surface area contributed by atoms with Crippen molar-refractivity contribution in [3.63, 3.8) is 0 Å². The number of hydrogen-bond donors (Lipinski definition) is 3. The molecule has 2 heterocycles. The van der Waals surface area contributed by atoms with E-state index in [2.05, 4.69) is 62.1 Å². The van der Waals surface area contributed by atoms with Gasteiger partial charge in [0.2, 0.25) is 0 Å². The van der Waals surface area contributed by atoms with Crippen molar-refractivity contribution in [3.05, 3.63) is 47.2 Å². The largest absolute Gasteiger partial charge is 0.383 e. The van der Waals surface area contributed by atoms with Crippen LogP contribution in [-0.2, 0) is 24.8 Å². The summed E-state index contributed by atoms with van der Waals surface area (Å²) in [6, 6.07) is 6.39. The molecule has 8 heteroatoms. The number of guanidine groups is 1. The van der Waals surface area contributed by atoms with E-state index in [1.54, 1.807) is 7.11 Å². The third-order valence-corrected chi connectivity index (χ3v) is 4.86. The first kappa shape index (κ1) is 19.9. The lowest BCUT2D eigenvalue weighted by molar-refractivity contribution is 0.203. The Morgan fingerprint density at radius 1 is 1.21 bits per heavy atom. The number of aryl methyl sites for hydroxylation is 2. The summed E-state index contributed by atoms with van der Waals surface area (Å²) >= 11 is 0. The van der Waals surface area contributed by atoms with Crippen molar-refractivity contribution in [2.75, 3.05) is 26.8 Å². The summed E-state index contributed by atoms with van der Waals surface area (Å²) < 4.78 is 7.07. The highest BCUT2D eigenvalue weighted by atomic mass is 16.5. The van der Waals surface area contributed by atoms with Crippen molar-refractivity contribution >= 4 is 16.9 Å². The minimum atomic E-state index is 0.464. The molecule has 3 aromatic rings. The van der Waals surface area contributed by atoms with Gasteiger partial charge >= 0.3 is 0 Å². The normalized spacial score (nSPS) is 11.9. The van der Waals surface area contributed by atoms with Crippen LogP contribution in [-0.4, -0.2) is 52.5 Å². The molecule has 2 aromatic heterocycles. The number of aliphatic imine (C=N–C) groups is 1. The van der Waals surface area contributed by atoms with Crippen molar-refractivity contribution in [1.82, 2.24) is 30.4 Å². The van der Waals surface area contributed by atoms with Crippen LogP contribution in [0, 0.1) is 13.8 Å². The van der Waals surface area contributed by atoms with Crippen LogP contribution in [0.4, 0.5) is 0 Å². The number of benzene rings is 1. The number of nitrogens with one attached hydrogen (secondary N) is 3. The zero-order chi connectivity index (χ0) is 19.9. The van der Waals surface area contributed by atoms with Crippen molar-refractivity contribution in [2.45, 2.75) is 26.8 Å². The molecule has 1 aromatic carbocycles. The van der Waals surface area contributed by atoms with E-state index in [0.717, 1.165) is 30.6 Å². The monoisotopic (exact) mass is 383 g/mol. The average Bonchev–Trinajstić information content (AvgIpc) is 3.25. The van der Waals surface area contributed by atoms with Gasteiger partial charge in [-0.05, 0) is 31.4 Å². The molecule has 3 rings (SSSR count). The molecule has 0 radical (unpaired) electrons. The lowest BCUT2D eigenvalue weighted by Crippen LogP contribution is -2.40. The van der Waals surface area contributed by atoms with Crippen LogP contribution in [0.25, 0.3) is 10.9 Å². The molecule has 0 aliphatic rings. The van der Waals surface area contributed by atoms with Gasteiger partial charge in [0.1, 0.15) is 12.4 Å². The van der Waals surface area contributed by atoms with Crippen LogP contribution in [0.3, 0.4) is 0 Å². The summed E-state index contributed by atoms with van der Waals surface area (Å²) in [5, 5.41) is 16.2. The summed E-state index contributed by atoms with van der Waals surface area (Å²) in [7, 11) is 3.64. The Morgan fingerprint density at radius 2 is 2.04 bits per heavy atom. The van der Waals surface area contributed by atoms with Gasteiger partial charge in [-0.25, -0.2) is 4.99 Å². The van der Waals surface area contributed by atoms with Gasteiger partial charge in [0.05, 0.1) is 6.61 Å². The fraction of sp³-hybridized carbons (Fsp3) is 0.450. The second kappa shape index (κ2) is 9.36. The van der Waals surface area contributed by atoms with Crippen LogP contribution >= 0.6 is 0 Å². The molecule has 0 aliphatic heterocycles. The first-order valence-electron chi connectivity index (χ1n) is 9.51. The molecule has 0 saturated heterocycles. The van der Waals surface area contributed by atoms with Gasteiger partial charge in [-0.3, -0.25) is 0 Å². The molecule has 8 nitrogen and oxygen atoms in total. The lowest BCUT2D eigenvalue weighted by atomic mass is 10.1. The first-order chi connectivity index (χ1) is 13.6. The van der Waals surface area contributed by atoms with E-state index in [4.69, 9.17) is 4.74 Å². The van der Waals surface area contributed by atoms with Crippen LogP contribution < -0.4 is 10.6 Å². The second-order valence-corrected chi connectivity index (χ2v) is 6.80. The third kappa shape index (κ3) is 4.69. The van der Waals surface area contributed by atoms with Gasteiger partial charge in [0.25, 0.3) is 0 Å². The molecular weight excluding hydrogens is 354 g/mol. The van der Waals surface area contributed by atoms with Gasteiger partial charge in [-0.1, -0.05) is 18.2 Å². The number of rotatable bonds is 8. The number of fused-ring (bicyclic) bond motifs is 1. The molecule has 0 fully saturated rings. The van der Waals surface area contributed by atoms with Crippen LogP contribution in [0.2, 0.25) is 0 Å². The van der Waals surface area contributed by atoms with E-state index >= 15 is 0 Å². The van der Waals surface area contributed by atoms with E-state index in [1.165, 1.54) is 22.0 Å². The summed E-state index contributed by atoms with van der Waals surface area (Å²) in [6.07, 6.45) is 2.99. The third-order valence-electron chi connectivity index (χ3n) is 4.86. The lowest BCUT2D eigenvalue weighted by Gasteiger charge is -2.12. The quantitative estimate of drug-likeness (QED) is 0.314. The van der Waals surface area contributed by atoms with Gasteiger partial charge in [0, 0.05) is 44.3 Å². The second-order valence-electron chi connectivity index (χ2n) is 6.80. The van der Waals surface area contributed by atoms with Crippen LogP contribution in [0.15, 0.2) is 29.4 Å². The first-order valence-corrected chi connectivity index (χ1v) is 9.51. The topological polar surface area (TPSA) is 92.2 Å². The number of H-pyrrole nitrogens is 1. The smallest absolute Gasteiger partial charge is 0.191 e. The molecule has 0 amide bonds. The molecular formula is C20H29N7O. The maximum atomic E-state index is 5.12. The summed E-state index contributed by atoms with van der Waals surface area (Å²) in [5.41, 5.74) is 3.77. The van der Waals surface area contributed by atoms with E-state index in [1.807, 2.05) is 18.5 Å². The standard InChI is InChI=1S/C20H29N7O/c1-14-6-5-7-17-16(12-23-19(14)17)8-9-21-20(22-10-11-28-4)24-13-18-26-25-15(2)27(18)3/h5-7,12,23H,8-11,13H2,1-4H3,(H2,21,22,24). The van der Waals surface area contributed by atoms with Gasteiger partial charge in [-0.15, -0.1) is 10.2 Å². The molecule has 3 N–H and O–H groups in total. The number of aromatic nitrogens is 4. The molecule has 150 valence electrons. The Balaban J connectivity index is 1.62. The van der Waals surface area contributed by atoms with E-state index < -0.39 is 0 Å². The Bertz CT molecular complexity index is 941. The van der Waals surface area contributed by atoms with Crippen molar-refractivity contribution in [2.24, 2.45) is 12.0 Å². The minimum absolute atomic E-state index is 0.464. The predicted molar refractivity (Wildman–Crippen MR) is 112 cm³/mol. The fourth-order valence-corrected chi connectivity index (χ4v) is 3.07. The Hall–Kier alpha value is -2.87. The van der Waals surface area contributed by atoms with Gasteiger partial charge in [-0.2, -0.15) is 0 Å². The zero-order valence-corrected chi connectivity index (χ0v) is 17.0. The number of methoxy groups -OCH3 is 1. The number of nitrogens with zero attached hydrogens (tertiary/aromatic N) is 4. The van der Waals surface area contributed by atoms with Crippen LogP contribution in [0.5, 0.6) is 0 Å². The summed E-state index contributed by atoms with van der Waals surface area (Å²) in [5.74, 6) is 2.45. The zero-order valence-electron chi connectivity index (χ0n) is 17.0. The molecule has 28 heavy (non-hydrogen) atoms. The SMILES string of the molecule is COCCNC(=NCc1nnc(C)n1C)NCCc1c[nH]c2c(C)cccc12. The highest BCUT2D eigenvalue weighted by Crippen LogP contribution is 2.21. The summed E-state index contributed by atoms with van der Waals surface area (Å²) in [4.78, 5) is 8.03. The molecule has 0 bridgehead atoms. The maximum Gasteiger partial charge on any atom is 0.191 e. The number of ether oxygens (including phenoxy) is 1. The molecule has 0 unspecified atom stereocenters. The Kier molecular flexibility index (Phi) is 6.65. The minimum Gasteiger partial charge on any atom is -0.383 e. The number of aromatic amines is 1. The highest BCUT2D eigenvalue weighted by molar-refractivity contribution is 5.86. The van der Waals surface area contributed by atoms with E-state index in [-0.39, 0.29) is 0 Å². The Labute approximate surface area is 165 Å². The maximum absolute atomic E-state index is 5.12. The van der Waals surface area contributed by atoms with Gasteiger partial charge < -0.3 is 24.9 Å². The Morgan fingerprint density at radius 3 is 2.79 bits per heavy atom.